The Labute approximate surface area is 130 Å². The highest BCUT2D eigenvalue weighted by molar-refractivity contribution is 6.31. The van der Waals surface area contributed by atoms with Crippen LogP contribution in [0, 0.1) is 0 Å². The van der Waals surface area contributed by atoms with Gasteiger partial charge in [0.1, 0.15) is 24.1 Å². The lowest BCUT2D eigenvalue weighted by Crippen LogP contribution is -2.60. The van der Waals surface area contributed by atoms with Gasteiger partial charge in [-0.1, -0.05) is 11.6 Å². The third-order valence-electron chi connectivity index (χ3n) is 3.71. The van der Waals surface area contributed by atoms with Crippen LogP contribution in [0.3, 0.4) is 0 Å². The number of rotatable bonds is 3. The van der Waals surface area contributed by atoms with Gasteiger partial charge < -0.3 is 34.9 Å². The number of fused-ring (bicyclic) bond motifs is 1. The minimum absolute atomic E-state index is 0.382. The van der Waals surface area contributed by atoms with Crippen LogP contribution >= 0.6 is 11.6 Å². The van der Waals surface area contributed by atoms with Crippen molar-refractivity contribution >= 4 is 22.5 Å². The molecule has 2 aromatic rings. The molecular weight excluding hydrogens is 314 g/mol. The van der Waals surface area contributed by atoms with Crippen molar-refractivity contribution in [1.82, 2.24) is 4.98 Å². The molecule has 1 saturated heterocycles. The van der Waals surface area contributed by atoms with E-state index in [2.05, 4.69) is 4.98 Å². The molecule has 2 heterocycles. The molecule has 0 bridgehead atoms. The minimum Gasteiger partial charge on any atom is -0.480 e. The molecule has 1 aromatic carbocycles. The molecule has 5 N–H and O–H groups in total. The Kier molecular flexibility index (Phi) is 4.26. The number of aliphatic hydroxyl groups excluding tert-OH is 4. The topological polar surface area (TPSA) is 115 Å². The van der Waals surface area contributed by atoms with Crippen LogP contribution in [0.1, 0.15) is 0 Å². The summed E-state index contributed by atoms with van der Waals surface area (Å²) in [6.45, 7) is -0.520. The molecule has 0 unspecified atom stereocenters. The molecule has 0 aliphatic carbocycles. The first-order valence-corrected chi connectivity index (χ1v) is 7.13. The standard InChI is InChI=1S/C14H16ClNO6/c15-6-1-2-7-8(3-6)16-4-9(7)21-13-12(19)11(18)10(5-17)22-14(13)20/h1-4,10-14,16-20H,5H2/t10-,11+,12+,13-,14-/m1/s1. The van der Waals surface area contributed by atoms with Gasteiger partial charge in [0.25, 0.3) is 0 Å². The number of nitrogens with one attached hydrogen (secondary N) is 1. The molecule has 22 heavy (non-hydrogen) atoms. The number of H-pyrrole nitrogens is 1. The van der Waals surface area contributed by atoms with Crippen molar-refractivity contribution in [2.24, 2.45) is 0 Å². The van der Waals surface area contributed by atoms with E-state index >= 15 is 0 Å². The van der Waals surface area contributed by atoms with Gasteiger partial charge in [0.05, 0.1) is 12.1 Å². The summed E-state index contributed by atoms with van der Waals surface area (Å²) in [6, 6.07) is 5.13. The summed E-state index contributed by atoms with van der Waals surface area (Å²) in [5.74, 6) is 0.382. The number of benzene rings is 1. The second-order valence-electron chi connectivity index (χ2n) is 5.15. The van der Waals surface area contributed by atoms with Crippen LogP contribution in [0.25, 0.3) is 10.9 Å². The fourth-order valence-corrected chi connectivity index (χ4v) is 2.69. The third kappa shape index (κ3) is 2.67. The summed E-state index contributed by atoms with van der Waals surface area (Å²) in [7, 11) is 0. The monoisotopic (exact) mass is 329 g/mol. The SMILES string of the molecule is OC[C@H]1O[C@@H](O)[C@H](Oc2c[nH]c3cc(Cl)ccc23)[C@@H](O)[C@H]1O. The van der Waals surface area contributed by atoms with Crippen molar-refractivity contribution in [3.63, 3.8) is 0 Å². The van der Waals surface area contributed by atoms with Crippen LogP contribution in [0.15, 0.2) is 24.4 Å². The van der Waals surface area contributed by atoms with Gasteiger partial charge in [-0.15, -0.1) is 0 Å². The smallest absolute Gasteiger partial charge is 0.195 e. The highest BCUT2D eigenvalue weighted by atomic mass is 35.5. The Bertz CT molecular complexity index is 662. The first kappa shape index (κ1) is 15.5. The normalized spacial score (nSPS) is 32.3. The molecule has 1 aliphatic rings. The zero-order valence-electron chi connectivity index (χ0n) is 11.4. The Morgan fingerprint density at radius 1 is 1.23 bits per heavy atom. The number of ether oxygens (including phenoxy) is 2. The summed E-state index contributed by atoms with van der Waals surface area (Å²) < 4.78 is 10.6. The first-order valence-electron chi connectivity index (χ1n) is 6.75. The van der Waals surface area contributed by atoms with E-state index in [1.165, 1.54) is 0 Å². The van der Waals surface area contributed by atoms with Crippen molar-refractivity contribution in [1.29, 1.82) is 0 Å². The molecule has 8 heteroatoms. The Morgan fingerprint density at radius 3 is 2.73 bits per heavy atom. The van der Waals surface area contributed by atoms with E-state index in [1.807, 2.05) is 0 Å². The first-order chi connectivity index (χ1) is 10.5. The maximum atomic E-state index is 10.1. The fraction of sp³-hybridized carbons (Fsp3) is 0.429. The lowest BCUT2D eigenvalue weighted by molar-refractivity contribution is -0.280. The molecule has 1 aromatic heterocycles. The van der Waals surface area contributed by atoms with Crippen molar-refractivity contribution in [3.05, 3.63) is 29.4 Å². The van der Waals surface area contributed by atoms with Crippen LogP contribution in [0.2, 0.25) is 5.02 Å². The van der Waals surface area contributed by atoms with Gasteiger partial charge >= 0.3 is 0 Å². The van der Waals surface area contributed by atoms with Gasteiger partial charge in [-0.25, -0.2) is 0 Å². The summed E-state index contributed by atoms with van der Waals surface area (Å²) >= 11 is 5.90. The van der Waals surface area contributed by atoms with Gasteiger partial charge in [0.15, 0.2) is 12.4 Å². The second kappa shape index (κ2) is 6.04. The molecule has 1 fully saturated rings. The van der Waals surface area contributed by atoms with Crippen molar-refractivity contribution in [3.8, 4) is 5.75 Å². The molecule has 0 saturated carbocycles. The summed E-state index contributed by atoms with van der Waals surface area (Å²) in [6.07, 6.45) is -4.94. The molecule has 7 nitrogen and oxygen atoms in total. The van der Waals surface area contributed by atoms with Gasteiger partial charge in [-0.2, -0.15) is 0 Å². The van der Waals surface area contributed by atoms with E-state index in [1.54, 1.807) is 24.4 Å². The number of hydrogen-bond donors (Lipinski definition) is 5. The number of aromatic nitrogens is 1. The summed E-state index contributed by atoms with van der Waals surface area (Å²) in [5.41, 5.74) is 0.733. The number of halogens is 1. The minimum atomic E-state index is -1.48. The molecule has 0 radical (unpaired) electrons. The van der Waals surface area contributed by atoms with Gasteiger partial charge in [0, 0.05) is 16.6 Å². The number of aromatic amines is 1. The van der Waals surface area contributed by atoms with E-state index in [9.17, 15) is 15.3 Å². The van der Waals surface area contributed by atoms with Crippen LogP contribution < -0.4 is 4.74 Å². The average Bonchev–Trinajstić information content (AvgIpc) is 2.89. The van der Waals surface area contributed by atoms with E-state index in [4.69, 9.17) is 26.2 Å². The highest BCUT2D eigenvalue weighted by Gasteiger charge is 2.45. The summed E-state index contributed by atoms with van der Waals surface area (Å²) in [4.78, 5) is 2.96. The lowest BCUT2D eigenvalue weighted by atomic mass is 9.99. The van der Waals surface area contributed by atoms with E-state index in [0.717, 1.165) is 5.52 Å². The molecule has 0 amide bonds. The second-order valence-corrected chi connectivity index (χ2v) is 5.59. The molecule has 120 valence electrons. The van der Waals surface area contributed by atoms with E-state index < -0.39 is 37.3 Å². The average molecular weight is 330 g/mol. The maximum absolute atomic E-state index is 10.1. The van der Waals surface area contributed by atoms with Crippen LogP contribution in [-0.2, 0) is 4.74 Å². The number of hydrogen-bond acceptors (Lipinski definition) is 6. The predicted octanol–water partition coefficient (Wildman–Crippen LogP) is -0.000000000000000500. The van der Waals surface area contributed by atoms with Gasteiger partial charge in [-0.05, 0) is 18.2 Å². The Morgan fingerprint density at radius 2 is 2.00 bits per heavy atom. The maximum Gasteiger partial charge on any atom is 0.195 e. The predicted molar refractivity (Wildman–Crippen MR) is 77.7 cm³/mol. The Hall–Kier alpha value is -1.35. The van der Waals surface area contributed by atoms with Crippen LogP contribution in [-0.4, -0.2) is 62.7 Å². The molecule has 0 spiro atoms. The molecular formula is C14H16ClNO6. The zero-order chi connectivity index (χ0) is 15.9. The van der Waals surface area contributed by atoms with E-state index in [0.29, 0.717) is 16.2 Å². The fourth-order valence-electron chi connectivity index (χ4n) is 2.51. The zero-order valence-corrected chi connectivity index (χ0v) is 12.1. The third-order valence-corrected chi connectivity index (χ3v) is 3.95. The highest BCUT2D eigenvalue weighted by Crippen LogP contribution is 2.31. The summed E-state index contributed by atoms with van der Waals surface area (Å²) in [5, 5.41) is 40.1. The van der Waals surface area contributed by atoms with Crippen LogP contribution in [0.4, 0.5) is 0 Å². The van der Waals surface area contributed by atoms with Crippen LogP contribution in [0.5, 0.6) is 5.75 Å². The van der Waals surface area contributed by atoms with E-state index in [-0.39, 0.29) is 0 Å². The van der Waals surface area contributed by atoms with Crippen molar-refractivity contribution in [2.75, 3.05) is 6.61 Å². The molecule has 1 aliphatic heterocycles. The van der Waals surface area contributed by atoms with Crippen molar-refractivity contribution in [2.45, 2.75) is 30.7 Å². The Balaban J connectivity index is 1.84. The van der Waals surface area contributed by atoms with Gasteiger partial charge in [0.2, 0.25) is 0 Å². The number of aliphatic hydroxyl groups is 4. The quantitative estimate of drug-likeness (QED) is 0.541. The van der Waals surface area contributed by atoms with Gasteiger partial charge in [-0.3, -0.25) is 0 Å². The van der Waals surface area contributed by atoms with Crippen molar-refractivity contribution < 1.29 is 29.9 Å². The largest absolute Gasteiger partial charge is 0.480 e. The molecule has 3 rings (SSSR count). The lowest BCUT2D eigenvalue weighted by Gasteiger charge is -2.39. The molecule has 5 atom stereocenters.